The second-order valence-electron chi connectivity index (χ2n) is 4.93. The molecule has 128 valence electrons. The van der Waals surface area contributed by atoms with Crippen LogP contribution in [-0.4, -0.2) is 23.5 Å². The summed E-state index contributed by atoms with van der Waals surface area (Å²) in [6.07, 6.45) is 0.680. The maximum atomic E-state index is 13.7. The van der Waals surface area contributed by atoms with E-state index in [0.29, 0.717) is 23.3 Å². The molecule has 3 aromatic rings. The number of halogens is 2. The van der Waals surface area contributed by atoms with Crippen LogP contribution in [0, 0.1) is 11.6 Å². The molecule has 0 atom stereocenters. The lowest BCUT2D eigenvalue weighted by molar-refractivity contribution is 0.112. The number of methoxy groups -OCH3 is 1. The van der Waals surface area contributed by atoms with Gasteiger partial charge in [0.2, 0.25) is 5.82 Å². The smallest absolute Gasteiger partial charge is 0.264 e. The number of benzene rings is 2. The summed E-state index contributed by atoms with van der Waals surface area (Å²) in [4.78, 5) is 14.7. The van der Waals surface area contributed by atoms with Crippen molar-refractivity contribution in [3.63, 3.8) is 0 Å². The van der Waals surface area contributed by atoms with Gasteiger partial charge in [-0.2, -0.15) is 4.98 Å². The standard InChI is InChI=1S/C17H12F2N2O4/c1-23-14-7-10(8-22)5-6-13(14)24-9-15-20-17(21-25-15)16-11(18)3-2-4-12(16)19/h2-8H,9H2,1H3. The maximum Gasteiger partial charge on any atom is 0.264 e. The summed E-state index contributed by atoms with van der Waals surface area (Å²) in [6, 6.07) is 8.06. The van der Waals surface area contributed by atoms with Gasteiger partial charge in [0.15, 0.2) is 18.1 Å². The number of hydrogen-bond donors (Lipinski definition) is 0. The van der Waals surface area contributed by atoms with Crippen LogP contribution in [0.3, 0.4) is 0 Å². The van der Waals surface area contributed by atoms with E-state index in [1.54, 1.807) is 12.1 Å². The molecule has 0 unspecified atom stereocenters. The van der Waals surface area contributed by atoms with Gasteiger partial charge in [-0.25, -0.2) is 8.78 Å². The SMILES string of the molecule is COc1cc(C=O)ccc1OCc1nc(-c2c(F)cccc2F)no1. The van der Waals surface area contributed by atoms with Crippen molar-refractivity contribution in [3.05, 3.63) is 59.5 Å². The topological polar surface area (TPSA) is 74.5 Å². The van der Waals surface area contributed by atoms with Gasteiger partial charge in [-0.1, -0.05) is 11.2 Å². The van der Waals surface area contributed by atoms with E-state index in [-0.39, 0.29) is 23.9 Å². The van der Waals surface area contributed by atoms with Crippen molar-refractivity contribution in [1.29, 1.82) is 0 Å². The molecule has 8 heteroatoms. The van der Waals surface area contributed by atoms with Crippen molar-refractivity contribution in [2.75, 3.05) is 7.11 Å². The highest BCUT2D eigenvalue weighted by Crippen LogP contribution is 2.29. The largest absolute Gasteiger partial charge is 0.493 e. The third kappa shape index (κ3) is 3.47. The molecule has 0 aliphatic carbocycles. The molecule has 0 saturated carbocycles. The third-order valence-electron chi connectivity index (χ3n) is 3.33. The number of hydrogen-bond acceptors (Lipinski definition) is 6. The lowest BCUT2D eigenvalue weighted by Crippen LogP contribution is -1.99. The number of carbonyl (C=O) groups is 1. The summed E-state index contributed by atoms with van der Waals surface area (Å²) in [5, 5.41) is 3.57. The summed E-state index contributed by atoms with van der Waals surface area (Å²) in [7, 11) is 1.43. The molecule has 0 bridgehead atoms. The maximum absolute atomic E-state index is 13.7. The summed E-state index contributed by atoms with van der Waals surface area (Å²) < 4.78 is 43.0. The lowest BCUT2D eigenvalue weighted by atomic mass is 10.2. The predicted octanol–water partition coefficient (Wildman–Crippen LogP) is 3.41. The number of nitrogens with zero attached hydrogens (tertiary/aromatic N) is 2. The first-order valence-electron chi connectivity index (χ1n) is 7.15. The van der Waals surface area contributed by atoms with Crippen molar-refractivity contribution in [1.82, 2.24) is 10.1 Å². The van der Waals surface area contributed by atoms with E-state index < -0.39 is 11.6 Å². The van der Waals surface area contributed by atoms with Gasteiger partial charge in [0.1, 0.15) is 17.9 Å². The summed E-state index contributed by atoms with van der Waals surface area (Å²) in [5.74, 6) is -1.06. The van der Waals surface area contributed by atoms with Gasteiger partial charge in [-0.05, 0) is 30.3 Å². The van der Waals surface area contributed by atoms with Gasteiger partial charge in [0, 0.05) is 5.56 Å². The van der Waals surface area contributed by atoms with Crippen LogP contribution in [0.25, 0.3) is 11.4 Å². The van der Waals surface area contributed by atoms with Gasteiger partial charge >= 0.3 is 0 Å². The van der Waals surface area contributed by atoms with Crippen molar-refractivity contribution in [2.45, 2.75) is 6.61 Å². The Labute approximate surface area is 141 Å². The summed E-state index contributed by atoms with van der Waals surface area (Å²) >= 11 is 0. The van der Waals surface area contributed by atoms with Crippen LogP contribution in [0.15, 0.2) is 40.9 Å². The van der Waals surface area contributed by atoms with Crippen LogP contribution in [0.5, 0.6) is 11.5 Å². The van der Waals surface area contributed by atoms with Crippen LogP contribution in [-0.2, 0) is 6.61 Å². The normalized spacial score (nSPS) is 10.5. The Kier molecular flexibility index (Phi) is 4.69. The van der Waals surface area contributed by atoms with E-state index in [1.807, 2.05) is 0 Å². The Morgan fingerprint density at radius 2 is 1.92 bits per heavy atom. The number of carbonyl (C=O) groups excluding carboxylic acids is 1. The molecule has 1 heterocycles. The van der Waals surface area contributed by atoms with Crippen molar-refractivity contribution in [3.8, 4) is 22.9 Å². The number of aldehydes is 1. The number of ether oxygens (including phenoxy) is 2. The van der Waals surface area contributed by atoms with E-state index in [2.05, 4.69) is 10.1 Å². The quantitative estimate of drug-likeness (QED) is 0.637. The van der Waals surface area contributed by atoms with Gasteiger partial charge in [-0.3, -0.25) is 4.79 Å². The highest BCUT2D eigenvalue weighted by Gasteiger charge is 2.18. The minimum atomic E-state index is -0.792. The Balaban J connectivity index is 1.78. The first kappa shape index (κ1) is 16.6. The fourth-order valence-electron chi connectivity index (χ4n) is 2.14. The van der Waals surface area contributed by atoms with Crippen LogP contribution < -0.4 is 9.47 Å². The molecule has 0 radical (unpaired) electrons. The third-order valence-corrected chi connectivity index (χ3v) is 3.33. The number of rotatable bonds is 6. The van der Waals surface area contributed by atoms with Crippen molar-refractivity contribution in [2.24, 2.45) is 0 Å². The second-order valence-corrected chi connectivity index (χ2v) is 4.93. The molecule has 0 aliphatic heterocycles. The Hall–Kier alpha value is -3.29. The average Bonchev–Trinajstić information content (AvgIpc) is 3.08. The van der Waals surface area contributed by atoms with E-state index in [4.69, 9.17) is 14.0 Å². The van der Waals surface area contributed by atoms with Gasteiger partial charge in [0.05, 0.1) is 12.7 Å². The van der Waals surface area contributed by atoms with Crippen molar-refractivity contribution < 1.29 is 27.6 Å². The molecule has 0 saturated heterocycles. The molecule has 0 N–H and O–H groups in total. The first-order chi connectivity index (χ1) is 12.1. The minimum Gasteiger partial charge on any atom is -0.493 e. The number of aromatic nitrogens is 2. The molecule has 1 aromatic heterocycles. The Morgan fingerprint density at radius 3 is 2.60 bits per heavy atom. The fourth-order valence-corrected chi connectivity index (χ4v) is 2.14. The monoisotopic (exact) mass is 346 g/mol. The predicted molar refractivity (Wildman–Crippen MR) is 82.4 cm³/mol. The molecule has 0 aliphatic rings. The molecule has 0 amide bonds. The molecule has 6 nitrogen and oxygen atoms in total. The molecular formula is C17H12F2N2O4. The zero-order valence-corrected chi connectivity index (χ0v) is 13.0. The first-order valence-corrected chi connectivity index (χ1v) is 7.15. The summed E-state index contributed by atoms with van der Waals surface area (Å²) in [6.45, 7) is -0.139. The van der Waals surface area contributed by atoms with Gasteiger partial charge < -0.3 is 14.0 Å². The molecule has 0 fully saturated rings. The Morgan fingerprint density at radius 1 is 1.16 bits per heavy atom. The van der Waals surface area contributed by atoms with Crippen LogP contribution >= 0.6 is 0 Å². The molecule has 25 heavy (non-hydrogen) atoms. The van der Waals surface area contributed by atoms with E-state index >= 15 is 0 Å². The van der Waals surface area contributed by atoms with E-state index in [9.17, 15) is 13.6 Å². The average molecular weight is 346 g/mol. The highest BCUT2D eigenvalue weighted by molar-refractivity contribution is 5.76. The zero-order valence-electron chi connectivity index (χ0n) is 13.0. The summed E-state index contributed by atoms with van der Waals surface area (Å²) in [5.41, 5.74) is 0.0599. The van der Waals surface area contributed by atoms with E-state index in [0.717, 1.165) is 12.1 Å². The highest BCUT2D eigenvalue weighted by atomic mass is 19.1. The van der Waals surface area contributed by atoms with E-state index in [1.165, 1.54) is 19.2 Å². The van der Waals surface area contributed by atoms with Crippen LogP contribution in [0.4, 0.5) is 8.78 Å². The molecule has 2 aromatic carbocycles. The molecule has 0 spiro atoms. The lowest BCUT2D eigenvalue weighted by Gasteiger charge is -2.09. The van der Waals surface area contributed by atoms with Crippen LogP contribution in [0.1, 0.15) is 16.2 Å². The fraction of sp³-hybridized carbons (Fsp3) is 0.118. The molecular weight excluding hydrogens is 334 g/mol. The zero-order chi connectivity index (χ0) is 17.8. The van der Waals surface area contributed by atoms with Crippen molar-refractivity contribution >= 4 is 6.29 Å². The van der Waals surface area contributed by atoms with Gasteiger partial charge in [-0.15, -0.1) is 0 Å². The second kappa shape index (κ2) is 7.08. The van der Waals surface area contributed by atoms with Gasteiger partial charge in [0.25, 0.3) is 5.89 Å². The Bertz CT molecular complexity index is 891. The minimum absolute atomic E-state index is 0.0270. The van der Waals surface area contributed by atoms with Crippen LogP contribution in [0.2, 0.25) is 0 Å². The molecule has 3 rings (SSSR count).